The van der Waals surface area contributed by atoms with E-state index in [1.807, 2.05) is 24.4 Å². The summed E-state index contributed by atoms with van der Waals surface area (Å²) in [7, 11) is 0. The van der Waals surface area contributed by atoms with Crippen LogP contribution in [0.2, 0.25) is 0 Å². The molecule has 0 spiro atoms. The van der Waals surface area contributed by atoms with Gasteiger partial charge in [-0.05, 0) is 47.2 Å². The smallest absolute Gasteiger partial charge is 0.144 e. The van der Waals surface area contributed by atoms with Crippen molar-refractivity contribution in [1.29, 1.82) is 0 Å². The number of nitrogens with zero attached hydrogens (tertiary/aromatic N) is 1. The molecule has 0 bridgehead atoms. The number of rotatable bonds is 1. The van der Waals surface area contributed by atoms with Gasteiger partial charge in [0.05, 0.1) is 5.69 Å². The van der Waals surface area contributed by atoms with Gasteiger partial charge < -0.3 is 4.42 Å². The summed E-state index contributed by atoms with van der Waals surface area (Å²) in [6.07, 6.45) is 1.81. The third-order valence-electron chi connectivity index (χ3n) is 4.02. The Kier molecular flexibility index (Phi) is 2.40. The van der Waals surface area contributed by atoms with E-state index in [9.17, 15) is 0 Å². The molecule has 0 fully saturated rings. The Morgan fingerprint density at radius 3 is 2.82 bits per heavy atom. The summed E-state index contributed by atoms with van der Waals surface area (Å²) in [5, 5.41) is 5.76. The highest BCUT2D eigenvalue weighted by Crippen LogP contribution is 2.40. The molecule has 3 heterocycles. The lowest BCUT2D eigenvalue weighted by atomic mass is 10.1. The van der Waals surface area contributed by atoms with Crippen molar-refractivity contribution >= 4 is 43.4 Å². The molecule has 0 aliphatic rings. The van der Waals surface area contributed by atoms with Crippen LogP contribution in [0.15, 0.2) is 70.6 Å². The van der Waals surface area contributed by atoms with Gasteiger partial charge in [0.15, 0.2) is 0 Å². The summed E-state index contributed by atoms with van der Waals surface area (Å²) < 4.78 is 7.47. The Bertz CT molecular complexity index is 1120. The van der Waals surface area contributed by atoms with Crippen LogP contribution in [0.25, 0.3) is 43.3 Å². The lowest BCUT2D eigenvalue weighted by molar-refractivity contribution is 0.670. The summed E-state index contributed by atoms with van der Waals surface area (Å²) in [6.45, 7) is 0. The highest BCUT2D eigenvalue weighted by molar-refractivity contribution is 7.18. The third kappa shape index (κ3) is 1.57. The van der Waals surface area contributed by atoms with E-state index in [1.54, 1.807) is 11.3 Å². The van der Waals surface area contributed by atoms with Gasteiger partial charge in [0.1, 0.15) is 11.2 Å². The molecule has 5 aromatic rings. The van der Waals surface area contributed by atoms with Crippen molar-refractivity contribution in [2.45, 2.75) is 0 Å². The second kappa shape index (κ2) is 4.42. The molecule has 0 saturated heterocycles. The number of pyridine rings is 1. The van der Waals surface area contributed by atoms with Crippen molar-refractivity contribution in [2.75, 3.05) is 0 Å². The largest absolute Gasteiger partial charge is 0.455 e. The van der Waals surface area contributed by atoms with Gasteiger partial charge in [-0.1, -0.05) is 18.2 Å². The molecule has 0 aliphatic heterocycles. The molecular weight excluding hydrogens is 290 g/mol. The van der Waals surface area contributed by atoms with E-state index in [0.717, 1.165) is 27.8 Å². The fraction of sp³-hybridized carbons (Fsp3) is 0. The maximum Gasteiger partial charge on any atom is 0.144 e. The van der Waals surface area contributed by atoms with E-state index >= 15 is 0 Å². The van der Waals surface area contributed by atoms with Gasteiger partial charge in [-0.15, -0.1) is 11.3 Å². The van der Waals surface area contributed by atoms with Crippen LogP contribution in [0.5, 0.6) is 0 Å². The van der Waals surface area contributed by atoms with Gasteiger partial charge in [0.25, 0.3) is 0 Å². The van der Waals surface area contributed by atoms with Crippen LogP contribution in [-0.2, 0) is 0 Å². The molecule has 22 heavy (non-hydrogen) atoms. The second-order valence-electron chi connectivity index (χ2n) is 5.28. The van der Waals surface area contributed by atoms with E-state index in [2.05, 4.69) is 46.8 Å². The minimum Gasteiger partial charge on any atom is -0.455 e. The number of hydrogen-bond donors (Lipinski definition) is 0. The van der Waals surface area contributed by atoms with Crippen molar-refractivity contribution < 1.29 is 4.42 Å². The van der Waals surface area contributed by atoms with Crippen LogP contribution in [0.1, 0.15) is 0 Å². The molecule has 0 radical (unpaired) electrons. The number of aromatic nitrogens is 1. The Hall–Kier alpha value is -2.65. The first-order chi connectivity index (χ1) is 10.9. The molecule has 2 aromatic carbocycles. The Labute approximate surface area is 130 Å². The molecule has 5 rings (SSSR count). The summed E-state index contributed by atoms with van der Waals surface area (Å²) >= 11 is 1.76. The van der Waals surface area contributed by atoms with Gasteiger partial charge in [0, 0.05) is 27.2 Å². The summed E-state index contributed by atoms with van der Waals surface area (Å²) in [5.41, 5.74) is 3.83. The predicted octanol–water partition coefficient (Wildman–Crippen LogP) is 5.86. The van der Waals surface area contributed by atoms with Crippen molar-refractivity contribution in [3.63, 3.8) is 0 Å². The fourth-order valence-corrected chi connectivity index (χ4v) is 3.98. The molecule has 0 unspecified atom stereocenters. The van der Waals surface area contributed by atoms with Crippen LogP contribution in [0.4, 0.5) is 0 Å². The molecule has 0 saturated carbocycles. The average molecular weight is 301 g/mol. The first-order valence-corrected chi connectivity index (χ1v) is 8.02. The van der Waals surface area contributed by atoms with Gasteiger partial charge >= 0.3 is 0 Å². The van der Waals surface area contributed by atoms with Gasteiger partial charge in [0.2, 0.25) is 0 Å². The van der Waals surface area contributed by atoms with Crippen LogP contribution in [-0.4, -0.2) is 4.98 Å². The predicted molar refractivity (Wildman–Crippen MR) is 92.3 cm³/mol. The first-order valence-electron chi connectivity index (χ1n) is 7.15. The normalized spacial score (nSPS) is 11.6. The molecule has 0 aliphatic carbocycles. The zero-order chi connectivity index (χ0) is 14.5. The van der Waals surface area contributed by atoms with Crippen LogP contribution in [0, 0.1) is 0 Å². The van der Waals surface area contributed by atoms with E-state index in [-0.39, 0.29) is 0 Å². The van der Waals surface area contributed by atoms with E-state index in [4.69, 9.17) is 4.42 Å². The molecule has 0 N–H and O–H groups in total. The molecule has 3 aromatic heterocycles. The number of hydrogen-bond acceptors (Lipinski definition) is 3. The Morgan fingerprint density at radius 1 is 0.909 bits per heavy atom. The van der Waals surface area contributed by atoms with Crippen molar-refractivity contribution in [3.8, 4) is 11.3 Å². The Balaban J connectivity index is 1.97. The highest BCUT2D eigenvalue weighted by atomic mass is 32.1. The monoisotopic (exact) mass is 301 g/mol. The molecule has 0 atom stereocenters. The summed E-state index contributed by atoms with van der Waals surface area (Å²) in [4.78, 5) is 4.46. The first kappa shape index (κ1) is 12.0. The lowest BCUT2D eigenvalue weighted by Crippen LogP contribution is -1.81. The minimum absolute atomic E-state index is 0.914. The topological polar surface area (TPSA) is 26.0 Å². The number of fused-ring (bicyclic) bond motifs is 5. The maximum absolute atomic E-state index is 6.18. The zero-order valence-electron chi connectivity index (χ0n) is 11.6. The number of thiophene rings is 1. The molecule has 3 heteroatoms. The minimum atomic E-state index is 0.914. The van der Waals surface area contributed by atoms with E-state index in [0.29, 0.717) is 0 Å². The average Bonchev–Trinajstić information content (AvgIpc) is 3.18. The van der Waals surface area contributed by atoms with Gasteiger partial charge in [-0.3, -0.25) is 4.98 Å². The van der Waals surface area contributed by atoms with Crippen LogP contribution < -0.4 is 0 Å². The highest BCUT2D eigenvalue weighted by Gasteiger charge is 2.15. The van der Waals surface area contributed by atoms with Crippen molar-refractivity contribution in [2.24, 2.45) is 0 Å². The van der Waals surface area contributed by atoms with E-state index in [1.165, 1.54) is 15.5 Å². The van der Waals surface area contributed by atoms with E-state index < -0.39 is 0 Å². The molecule has 2 nitrogen and oxygen atoms in total. The SMILES string of the molecule is c1ccc(-c2cccc3c2oc2ccc4ccsc4c23)nc1. The summed E-state index contributed by atoms with van der Waals surface area (Å²) in [6, 6.07) is 18.6. The third-order valence-corrected chi connectivity index (χ3v) is 4.97. The number of para-hydroxylation sites is 1. The standard InChI is InChI=1S/C19H11NOS/c1-2-10-20-15(6-1)13-4-3-5-14-17-16(21-18(13)14)8-7-12-9-11-22-19(12)17/h1-11H. The van der Waals surface area contributed by atoms with Gasteiger partial charge in [-0.25, -0.2) is 0 Å². The van der Waals surface area contributed by atoms with Crippen molar-refractivity contribution in [1.82, 2.24) is 4.98 Å². The Morgan fingerprint density at radius 2 is 1.91 bits per heavy atom. The van der Waals surface area contributed by atoms with Crippen LogP contribution in [0.3, 0.4) is 0 Å². The molecular formula is C19H11NOS. The molecule has 0 amide bonds. The number of benzene rings is 2. The van der Waals surface area contributed by atoms with Crippen LogP contribution >= 0.6 is 11.3 Å². The lowest BCUT2D eigenvalue weighted by Gasteiger charge is -2.00. The number of furan rings is 1. The maximum atomic E-state index is 6.18. The van der Waals surface area contributed by atoms with Gasteiger partial charge in [-0.2, -0.15) is 0 Å². The summed E-state index contributed by atoms with van der Waals surface area (Å²) in [5.74, 6) is 0. The fourth-order valence-electron chi connectivity index (χ4n) is 3.03. The molecule has 104 valence electrons. The quantitative estimate of drug-likeness (QED) is 0.387. The van der Waals surface area contributed by atoms with Crippen molar-refractivity contribution in [3.05, 3.63) is 66.2 Å². The second-order valence-corrected chi connectivity index (χ2v) is 6.19. The zero-order valence-corrected chi connectivity index (χ0v) is 12.4.